The summed E-state index contributed by atoms with van der Waals surface area (Å²) in [5.41, 5.74) is 6.61. The number of benzene rings is 2. The molecule has 1 fully saturated rings. The highest BCUT2D eigenvalue weighted by Gasteiger charge is 2.42. The molecule has 33 heavy (non-hydrogen) atoms. The Morgan fingerprint density at radius 2 is 1.67 bits per heavy atom. The third-order valence-corrected chi connectivity index (χ3v) is 7.17. The van der Waals surface area contributed by atoms with Crippen LogP contribution in [0.1, 0.15) is 34.7 Å². The number of nitrogens with one attached hydrogen (secondary N) is 1. The molecule has 166 valence electrons. The van der Waals surface area contributed by atoms with Gasteiger partial charge in [-0.3, -0.25) is 4.98 Å². The summed E-state index contributed by atoms with van der Waals surface area (Å²) in [5.74, 6) is 0. The highest BCUT2D eigenvalue weighted by molar-refractivity contribution is 9.10. The van der Waals surface area contributed by atoms with Crippen LogP contribution in [-0.2, 0) is 0 Å². The minimum atomic E-state index is -0.0896. The average Bonchev–Trinajstić information content (AvgIpc) is 3.31. The van der Waals surface area contributed by atoms with Crippen molar-refractivity contribution in [2.75, 3.05) is 4.90 Å². The van der Waals surface area contributed by atoms with Gasteiger partial charge in [0.15, 0.2) is 5.11 Å². The summed E-state index contributed by atoms with van der Waals surface area (Å²) in [6.45, 7) is 4.31. The second-order valence-corrected chi connectivity index (χ2v) is 9.85. The number of halogens is 2. The molecular formula is C26H22BrClN4S. The monoisotopic (exact) mass is 536 g/mol. The summed E-state index contributed by atoms with van der Waals surface area (Å²) in [5, 5.41) is 4.90. The molecule has 2 atom stereocenters. The maximum absolute atomic E-state index is 6.18. The van der Waals surface area contributed by atoms with Crippen molar-refractivity contribution >= 4 is 50.5 Å². The lowest BCUT2D eigenvalue weighted by atomic mass is 9.96. The molecule has 0 aliphatic carbocycles. The van der Waals surface area contributed by atoms with Gasteiger partial charge in [-0.25, -0.2) is 0 Å². The topological polar surface area (TPSA) is 33.1 Å². The number of aryl methyl sites for hydroxylation is 1. The maximum atomic E-state index is 6.18. The summed E-state index contributed by atoms with van der Waals surface area (Å²) in [7, 11) is 0. The Morgan fingerprint density at radius 3 is 2.33 bits per heavy atom. The fraction of sp³-hybridized carbons (Fsp3) is 0.154. The van der Waals surface area contributed by atoms with Gasteiger partial charge in [-0.1, -0.05) is 33.6 Å². The molecule has 3 heterocycles. The number of hydrogen-bond acceptors (Lipinski definition) is 2. The van der Waals surface area contributed by atoms with E-state index in [0.29, 0.717) is 10.1 Å². The molecule has 1 N–H and O–H groups in total. The van der Waals surface area contributed by atoms with E-state index in [2.05, 4.69) is 79.9 Å². The first-order chi connectivity index (χ1) is 15.9. The normalized spacial score (nSPS) is 17.9. The lowest BCUT2D eigenvalue weighted by molar-refractivity contribution is 0.565. The van der Waals surface area contributed by atoms with Crippen LogP contribution in [0.5, 0.6) is 0 Å². The number of thiocarbonyl (C=S) groups is 1. The third-order valence-electron chi connectivity index (χ3n) is 6.08. The van der Waals surface area contributed by atoms with Crippen molar-refractivity contribution in [3.8, 4) is 5.69 Å². The van der Waals surface area contributed by atoms with Crippen molar-refractivity contribution in [2.45, 2.75) is 25.9 Å². The van der Waals surface area contributed by atoms with Gasteiger partial charge in [0.1, 0.15) is 0 Å². The van der Waals surface area contributed by atoms with Crippen LogP contribution in [0.15, 0.2) is 83.5 Å². The van der Waals surface area contributed by atoms with Crippen LogP contribution in [0.2, 0.25) is 5.02 Å². The first kappa shape index (κ1) is 22.1. The molecule has 0 bridgehead atoms. The van der Waals surface area contributed by atoms with Crippen molar-refractivity contribution in [1.29, 1.82) is 0 Å². The van der Waals surface area contributed by atoms with E-state index in [4.69, 9.17) is 23.8 Å². The Balaban J connectivity index is 1.67. The second kappa shape index (κ2) is 8.93. The molecule has 2 aromatic heterocycles. The molecule has 1 aliphatic heterocycles. The predicted octanol–water partition coefficient (Wildman–Crippen LogP) is 7.08. The summed E-state index contributed by atoms with van der Waals surface area (Å²) < 4.78 is 3.35. The Bertz CT molecular complexity index is 1300. The van der Waals surface area contributed by atoms with Crippen LogP contribution in [0.25, 0.3) is 5.69 Å². The van der Waals surface area contributed by atoms with E-state index >= 15 is 0 Å². The molecule has 2 aromatic carbocycles. The third kappa shape index (κ3) is 4.07. The van der Waals surface area contributed by atoms with Gasteiger partial charge >= 0.3 is 0 Å². The van der Waals surface area contributed by atoms with Crippen LogP contribution in [0.3, 0.4) is 0 Å². The Kier molecular flexibility index (Phi) is 5.99. The second-order valence-electron chi connectivity index (χ2n) is 8.11. The van der Waals surface area contributed by atoms with E-state index in [9.17, 15) is 0 Å². The summed E-state index contributed by atoms with van der Waals surface area (Å²) in [6, 6.07) is 24.3. The minimum Gasteiger partial charge on any atom is -0.351 e. The van der Waals surface area contributed by atoms with Crippen LogP contribution < -0.4 is 10.2 Å². The van der Waals surface area contributed by atoms with Gasteiger partial charge in [0.25, 0.3) is 0 Å². The summed E-state index contributed by atoms with van der Waals surface area (Å²) in [6.07, 6.45) is 1.83. The van der Waals surface area contributed by atoms with Gasteiger partial charge in [-0.2, -0.15) is 0 Å². The van der Waals surface area contributed by atoms with E-state index in [0.717, 1.165) is 21.5 Å². The fourth-order valence-corrected chi connectivity index (χ4v) is 5.36. The van der Waals surface area contributed by atoms with E-state index < -0.39 is 0 Å². The van der Waals surface area contributed by atoms with Crippen molar-refractivity contribution < 1.29 is 0 Å². The predicted molar refractivity (Wildman–Crippen MR) is 142 cm³/mol. The first-order valence-corrected chi connectivity index (χ1v) is 12.2. The van der Waals surface area contributed by atoms with Crippen molar-refractivity contribution in [2.24, 2.45) is 0 Å². The van der Waals surface area contributed by atoms with Gasteiger partial charge in [0, 0.05) is 38.5 Å². The number of nitrogens with zero attached hydrogens (tertiary/aromatic N) is 3. The molecule has 0 saturated carbocycles. The molecule has 7 heteroatoms. The molecule has 0 amide bonds. The highest BCUT2D eigenvalue weighted by atomic mass is 79.9. The summed E-state index contributed by atoms with van der Waals surface area (Å²) in [4.78, 5) is 6.84. The van der Waals surface area contributed by atoms with E-state index in [1.807, 2.05) is 48.7 Å². The number of pyridine rings is 1. The van der Waals surface area contributed by atoms with Gasteiger partial charge in [0.05, 0.1) is 17.8 Å². The van der Waals surface area contributed by atoms with Gasteiger partial charge < -0.3 is 14.8 Å². The standard InChI is InChI=1S/C26H22BrClN4S/c1-16-15-22(17(2)31(16)20-10-6-18(27)7-11-20)25-24(23-5-3-4-14-29-23)30-26(33)32(25)21-12-8-19(28)9-13-21/h3-15,24-25H,1-2H3,(H,30,33). The molecule has 0 radical (unpaired) electrons. The van der Waals surface area contributed by atoms with E-state index in [1.165, 1.54) is 17.0 Å². The zero-order valence-electron chi connectivity index (χ0n) is 18.2. The van der Waals surface area contributed by atoms with Gasteiger partial charge in [0.2, 0.25) is 0 Å². The van der Waals surface area contributed by atoms with Crippen molar-refractivity contribution in [3.63, 3.8) is 0 Å². The Hall–Kier alpha value is -2.67. The number of anilines is 1. The van der Waals surface area contributed by atoms with Crippen LogP contribution in [-0.4, -0.2) is 14.7 Å². The van der Waals surface area contributed by atoms with Crippen LogP contribution in [0.4, 0.5) is 5.69 Å². The summed E-state index contributed by atoms with van der Waals surface area (Å²) >= 11 is 15.6. The first-order valence-electron chi connectivity index (χ1n) is 10.6. The van der Waals surface area contributed by atoms with Crippen molar-refractivity contribution in [3.05, 3.63) is 111 Å². The number of rotatable bonds is 4. The number of hydrogen-bond donors (Lipinski definition) is 1. The Morgan fingerprint density at radius 1 is 0.970 bits per heavy atom. The van der Waals surface area contributed by atoms with Crippen LogP contribution in [0, 0.1) is 13.8 Å². The molecule has 4 aromatic rings. The van der Waals surface area contributed by atoms with Crippen molar-refractivity contribution in [1.82, 2.24) is 14.9 Å². The number of aromatic nitrogens is 2. The Labute approximate surface area is 212 Å². The average molecular weight is 538 g/mol. The zero-order valence-corrected chi connectivity index (χ0v) is 21.3. The van der Waals surface area contributed by atoms with Gasteiger partial charge in [-0.05, 0) is 98.4 Å². The quantitative estimate of drug-likeness (QED) is 0.282. The van der Waals surface area contributed by atoms with Crippen LogP contribution >= 0.6 is 39.7 Å². The lowest BCUT2D eigenvalue weighted by Gasteiger charge is -2.28. The fourth-order valence-electron chi connectivity index (χ4n) is 4.63. The molecule has 1 aliphatic rings. The lowest BCUT2D eigenvalue weighted by Crippen LogP contribution is -2.29. The SMILES string of the molecule is Cc1cc(C2C(c3ccccn3)NC(=S)N2c2ccc(Cl)cc2)c(C)n1-c1ccc(Br)cc1. The molecule has 2 unspecified atom stereocenters. The molecule has 1 saturated heterocycles. The smallest absolute Gasteiger partial charge is 0.174 e. The molecule has 0 spiro atoms. The molecular weight excluding hydrogens is 516 g/mol. The van der Waals surface area contributed by atoms with E-state index in [-0.39, 0.29) is 12.1 Å². The molecule has 5 rings (SSSR count). The molecule has 4 nitrogen and oxygen atoms in total. The van der Waals surface area contributed by atoms with E-state index in [1.54, 1.807) is 0 Å². The minimum absolute atomic E-state index is 0.0658. The van der Waals surface area contributed by atoms with Gasteiger partial charge in [-0.15, -0.1) is 0 Å². The maximum Gasteiger partial charge on any atom is 0.174 e. The highest BCUT2D eigenvalue weighted by Crippen LogP contribution is 2.43. The largest absolute Gasteiger partial charge is 0.351 e. The zero-order chi connectivity index (χ0) is 23.1.